The van der Waals surface area contributed by atoms with Gasteiger partial charge in [0.2, 0.25) is 5.91 Å². The van der Waals surface area contributed by atoms with Crippen LogP contribution in [0.2, 0.25) is 0 Å². The van der Waals surface area contributed by atoms with Gasteiger partial charge in [-0.1, -0.05) is 30.3 Å². The first-order valence-corrected chi connectivity index (χ1v) is 8.50. The normalized spacial score (nSPS) is 12.4. The first kappa shape index (κ1) is 20.2. The molecule has 0 spiro atoms. The van der Waals surface area contributed by atoms with E-state index in [2.05, 4.69) is 10.4 Å². The predicted octanol–water partition coefficient (Wildman–Crippen LogP) is 4.27. The maximum Gasteiger partial charge on any atom is 0.419 e. The molecule has 1 unspecified atom stereocenters. The smallest absolute Gasteiger partial charge is 0.324 e. The molecule has 0 aliphatic rings. The van der Waals surface area contributed by atoms with E-state index in [1.54, 1.807) is 24.3 Å². The number of hydrogen-bond acceptors (Lipinski definition) is 3. The molecule has 1 N–H and O–H groups in total. The number of carbonyl (C=O) groups is 1. The molecule has 3 rings (SSSR count). The van der Waals surface area contributed by atoms with E-state index in [9.17, 15) is 27.2 Å². The van der Waals surface area contributed by atoms with Crippen LogP contribution in [-0.2, 0) is 11.0 Å². The Balaban J connectivity index is 1.87. The first-order valence-electron chi connectivity index (χ1n) is 8.50. The lowest BCUT2D eigenvalue weighted by Crippen LogP contribution is -2.33. The van der Waals surface area contributed by atoms with Crippen LogP contribution in [0.3, 0.4) is 0 Å². The minimum Gasteiger partial charge on any atom is -0.324 e. The van der Waals surface area contributed by atoms with Crippen molar-refractivity contribution in [3.8, 4) is 11.3 Å². The summed E-state index contributed by atoms with van der Waals surface area (Å²) in [4.78, 5) is 24.6. The Morgan fingerprint density at radius 3 is 2.41 bits per heavy atom. The molecular weight excluding hydrogens is 390 g/mol. The highest BCUT2D eigenvalue weighted by Crippen LogP contribution is 2.33. The van der Waals surface area contributed by atoms with E-state index in [4.69, 9.17) is 0 Å². The quantitative estimate of drug-likeness (QED) is 0.660. The third kappa shape index (κ3) is 4.50. The number of carbonyl (C=O) groups excluding carboxylic acids is 1. The number of hydrogen-bond donors (Lipinski definition) is 1. The number of amides is 1. The number of rotatable bonds is 4. The Hall–Kier alpha value is -3.49. The summed E-state index contributed by atoms with van der Waals surface area (Å²) in [7, 11) is 0. The van der Waals surface area contributed by atoms with Gasteiger partial charge in [0, 0.05) is 17.3 Å². The average Bonchev–Trinajstić information content (AvgIpc) is 2.69. The van der Waals surface area contributed by atoms with Gasteiger partial charge in [-0.25, -0.2) is 9.07 Å². The zero-order valence-corrected chi connectivity index (χ0v) is 15.1. The molecule has 1 amide bonds. The van der Waals surface area contributed by atoms with Crippen LogP contribution in [0.15, 0.2) is 65.5 Å². The maximum atomic E-state index is 13.4. The van der Waals surface area contributed by atoms with Gasteiger partial charge >= 0.3 is 6.18 Å². The van der Waals surface area contributed by atoms with E-state index >= 15 is 0 Å². The minimum atomic E-state index is -4.90. The fraction of sp³-hybridized carbons (Fsp3) is 0.150. The van der Waals surface area contributed by atoms with Crippen molar-refractivity contribution in [2.45, 2.75) is 19.1 Å². The molecule has 9 heteroatoms. The van der Waals surface area contributed by atoms with Crippen molar-refractivity contribution in [2.24, 2.45) is 0 Å². The molecule has 1 atom stereocenters. The van der Waals surface area contributed by atoms with Gasteiger partial charge in [0.25, 0.3) is 5.56 Å². The van der Waals surface area contributed by atoms with E-state index in [0.29, 0.717) is 17.8 Å². The van der Waals surface area contributed by atoms with Crippen molar-refractivity contribution >= 4 is 11.6 Å². The van der Waals surface area contributed by atoms with Gasteiger partial charge in [-0.15, -0.1) is 0 Å². The summed E-state index contributed by atoms with van der Waals surface area (Å²) in [6, 6.07) is 12.7. The lowest BCUT2D eigenvalue weighted by atomic mass is 10.1. The Kier molecular flexibility index (Phi) is 5.49. The second kappa shape index (κ2) is 7.86. The summed E-state index contributed by atoms with van der Waals surface area (Å²) in [5.74, 6) is -2.22. The Morgan fingerprint density at radius 1 is 1.07 bits per heavy atom. The highest BCUT2D eigenvalue weighted by atomic mass is 19.4. The highest BCUT2D eigenvalue weighted by Gasteiger charge is 2.34. The van der Waals surface area contributed by atoms with Crippen LogP contribution in [0, 0.1) is 5.82 Å². The van der Waals surface area contributed by atoms with E-state index in [-0.39, 0.29) is 5.69 Å². The third-order valence-corrected chi connectivity index (χ3v) is 4.18. The van der Waals surface area contributed by atoms with E-state index < -0.39 is 35.1 Å². The Labute approximate surface area is 162 Å². The molecule has 0 saturated carbocycles. The van der Waals surface area contributed by atoms with Gasteiger partial charge < -0.3 is 5.32 Å². The van der Waals surface area contributed by atoms with Gasteiger partial charge in [-0.2, -0.15) is 18.3 Å². The number of anilines is 1. The number of nitrogens with one attached hydrogen (secondary N) is 1. The van der Waals surface area contributed by atoms with Crippen LogP contribution < -0.4 is 10.9 Å². The standard InChI is InChI=1S/C20H15F4N3O2/c1-12(19(29)25-14-7-8-16(21)15(11-14)20(22,23)24)27-18(28)10-9-17(26-27)13-5-3-2-4-6-13/h2-12H,1H3,(H,25,29). The number of halogens is 4. The second-order valence-electron chi connectivity index (χ2n) is 6.23. The molecule has 0 aliphatic carbocycles. The Bertz CT molecular complexity index is 1090. The lowest BCUT2D eigenvalue weighted by Gasteiger charge is -2.16. The molecule has 1 aromatic heterocycles. The predicted molar refractivity (Wildman–Crippen MR) is 98.7 cm³/mol. The molecule has 29 heavy (non-hydrogen) atoms. The molecule has 3 aromatic rings. The molecule has 0 aliphatic heterocycles. The number of alkyl halides is 3. The second-order valence-corrected chi connectivity index (χ2v) is 6.23. The summed E-state index contributed by atoms with van der Waals surface area (Å²) in [6.45, 7) is 1.38. The van der Waals surface area contributed by atoms with Crippen molar-refractivity contribution in [3.63, 3.8) is 0 Å². The fourth-order valence-electron chi connectivity index (χ4n) is 2.64. The van der Waals surface area contributed by atoms with Crippen molar-refractivity contribution in [3.05, 3.63) is 82.4 Å². The molecule has 1 heterocycles. The molecular formula is C20H15F4N3O2. The van der Waals surface area contributed by atoms with Crippen molar-refractivity contribution in [1.82, 2.24) is 9.78 Å². The molecule has 2 aromatic carbocycles. The molecule has 0 saturated heterocycles. The van der Waals surface area contributed by atoms with E-state index in [1.165, 1.54) is 19.1 Å². The summed E-state index contributed by atoms with van der Waals surface area (Å²) in [5.41, 5.74) is -1.12. The molecule has 0 bridgehead atoms. The van der Waals surface area contributed by atoms with Gasteiger partial charge in [-0.3, -0.25) is 9.59 Å². The lowest BCUT2D eigenvalue weighted by molar-refractivity contribution is -0.140. The summed E-state index contributed by atoms with van der Waals surface area (Å²) in [6.07, 6.45) is -4.90. The van der Waals surface area contributed by atoms with Gasteiger partial charge in [0.1, 0.15) is 11.9 Å². The highest BCUT2D eigenvalue weighted by molar-refractivity contribution is 5.93. The van der Waals surface area contributed by atoms with Crippen LogP contribution in [0.4, 0.5) is 23.2 Å². The van der Waals surface area contributed by atoms with Crippen molar-refractivity contribution in [1.29, 1.82) is 0 Å². The van der Waals surface area contributed by atoms with Gasteiger partial charge in [0.05, 0.1) is 11.3 Å². The van der Waals surface area contributed by atoms with Crippen molar-refractivity contribution < 1.29 is 22.4 Å². The third-order valence-electron chi connectivity index (χ3n) is 4.18. The zero-order valence-electron chi connectivity index (χ0n) is 15.1. The fourth-order valence-corrected chi connectivity index (χ4v) is 2.64. The first-order chi connectivity index (χ1) is 13.7. The SMILES string of the molecule is CC(C(=O)Nc1ccc(F)c(C(F)(F)F)c1)n1nc(-c2ccccc2)ccc1=O. The zero-order chi connectivity index (χ0) is 21.2. The summed E-state index contributed by atoms with van der Waals surface area (Å²) >= 11 is 0. The van der Waals surface area contributed by atoms with Crippen LogP contribution in [0.5, 0.6) is 0 Å². The summed E-state index contributed by atoms with van der Waals surface area (Å²) in [5, 5.41) is 6.44. The number of aromatic nitrogens is 2. The topological polar surface area (TPSA) is 64.0 Å². The van der Waals surface area contributed by atoms with Gasteiger partial charge in [-0.05, 0) is 31.2 Å². The average molecular weight is 405 g/mol. The largest absolute Gasteiger partial charge is 0.419 e. The Morgan fingerprint density at radius 2 is 1.76 bits per heavy atom. The molecule has 0 radical (unpaired) electrons. The van der Waals surface area contributed by atoms with Crippen LogP contribution in [0.1, 0.15) is 18.5 Å². The minimum absolute atomic E-state index is 0.247. The number of benzene rings is 2. The van der Waals surface area contributed by atoms with Crippen LogP contribution >= 0.6 is 0 Å². The molecule has 150 valence electrons. The van der Waals surface area contributed by atoms with Crippen molar-refractivity contribution in [2.75, 3.05) is 5.32 Å². The maximum absolute atomic E-state index is 13.4. The van der Waals surface area contributed by atoms with E-state index in [0.717, 1.165) is 16.3 Å². The van der Waals surface area contributed by atoms with Crippen LogP contribution in [-0.4, -0.2) is 15.7 Å². The molecule has 0 fully saturated rings. The molecule has 5 nitrogen and oxygen atoms in total. The summed E-state index contributed by atoms with van der Waals surface area (Å²) < 4.78 is 52.9. The number of nitrogens with zero attached hydrogens (tertiary/aromatic N) is 2. The van der Waals surface area contributed by atoms with Crippen LogP contribution in [0.25, 0.3) is 11.3 Å². The monoisotopic (exact) mass is 405 g/mol. The van der Waals surface area contributed by atoms with Gasteiger partial charge in [0.15, 0.2) is 0 Å². The van der Waals surface area contributed by atoms with E-state index in [1.807, 2.05) is 6.07 Å².